The fourth-order valence-electron chi connectivity index (χ4n) is 4.74. The van der Waals surface area contributed by atoms with E-state index in [2.05, 4.69) is 25.7 Å². The van der Waals surface area contributed by atoms with Gasteiger partial charge in [0.1, 0.15) is 23.7 Å². The SMILES string of the molecule is [2H]C1(N2CC[C@H](Nc3nc(OC)c4c(-c5ccc6nnn(CC(F)(F)F)c6c5)ccn4n3)[C@@H](F)C2)COC1. The molecule has 2 atom stereocenters. The van der Waals surface area contributed by atoms with Gasteiger partial charge in [-0.05, 0) is 30.2 Å². The number of nitrogens with zero attached hydrogens (tertiary/aromatic N) is 7. The van der Waals surface area contributed by atoms with Gasteiger partial charge in [-0.1, -0.05) is 11.3 Å². The van der Waals surface area contributed by atoms with E-state index in [4.69, 9.17) is 10.8 Å². The van der Waals surface area contributed by atoms with Crippen LogP contribution >= 0.6 is 0 Å². The Kier molecular flexibility index (Phi) is 5.57. The minimum absolute atomic E-state index is 0.111. The highest BCUT2D eigenvalue weighted by atomic mass is 19.4. The number of benzene rings is 1. The first-order valence-corrected chi connectivity index (χ1v) is 11.7. The van der Waals surface area contributed by atoms with Crippen LogP contribution in [0.3, 0.4) is 0 Å². The number of hydrogen-bond acceptors (Lipinski definition) is 8. The predicted molar refractivity (Wildman–Crippen MR) is 125 cm³/mol. The molecule has 2 aliphatic rings. The molecule has 2 fully saturated rings. The zero-order chi connectivity index (χ0) is 26.7. The summed E-state index contributed by atoms with van der Waals surface area (Å²) in [5.74, 6) is 0.391. The van der Waals surface area contributed by atoms with Gasteiger partial charge in [0.05, 0.1) is 39.3 Å². The van der Waals surface area contributed by atoms with Crippen LogP contribution < -0.4 is 10.1 Å². The highest BCUT2D eigenvalue weighted by Gasteiger charge is 2.36. The number of halogens is 4. The Hall–Kier alpha value is -3.52. The van der Waals surface area contributed by atoms with Crippen molar-refractivity contribution in [1.82, 2.24) is 34.5 Å². The lowest BCUT2D eigenvalue weighted by molar-refractivity contribution is -0.142. The Morgan fingerprint density at radius 1 is 1.27 bits per heavy atom. The van der Waals surface area contributed by atoms with Crippen LogP contribution in [0.5, 0.6) is 5.88 Å². The molecular formula is C23H24F4N8O2. The van der Waals surface area contributed by atoms with Crippen molar-refractivity contribution in [3.63, 3.8) is 0 Å². The molecule has 4 aromatic rings. The Morgan fingerprint density at radius 2 is 2.11 bits per heavy atom. The molecule has 196 valence electrons. The maximum atomic E-state index is 15.0. The second kappa shape index (κ2) is 9.10. The van der Waals surface area contributed by atoms with Gasteiger partial charge in [-0.15, -0.1) is 10.2 Å². The van der Waals surface area contributed by atoms with E-state index < -0.39 is 31.0 Å². The molecule has 0 unspecified atom stereocenters. The first-order chi connectivity index (χ1) is 18.1. The molecule has 10 nitrogen and oxygen atoms in total. The quantitative estimate of drug-likeness (QED) is 0.387. The first kappa shape index (κ1) is 22.7. The van der Waals surface area contributed by atoms with Crippen LogP contribution in [-0.4, -0.2) is 92.3 Å². The third-order valence-electron chi connectivity index (χ3n) is 6.67. The molecule has 0 bridgehead atoms. The minimum atomic E-state index is -4.44. The van der Waals surface area contributed by atoms with E-state index in [-0.39, 0.29) is 37.1 Å². The summed E-state index contributed by atoms with van der Waals surface area (Å²) >= 11 is 0. The summed E-state index contributed by atoms with van der Waals surface area (Å²) < 4.78 is 75.3. The van der Waals surface area contributed by atoms with Gasteiger partial charge in [-0.25, -0.2) is 13.6 Å². The van der Waals surface area contributed by atoms with Crippen LogP contribution in [0.15, 0.2) is 30.5 Å². The monoisotopic (exact) mass is 521 g/mol. The maximum absolute atomic E-state index is 15.0. The highest BCUT2D eigenvalue weighted by Crippen LogP contribution is 2.33. The number of methoxy groups -OCH3 is 1. The largest absolute Gasteiger partial charge is 0.479 e. The van der Waals surface area contributed by atoms with E-state index in [1.54, 1.807) is 35.4 Å². The standard InChI is InChI=1S/C23H24F4N8O2/c1-36-21-20-15(13-2-3-18-19(8-13)35(32-30-18)12-23(25,26)27)4-7-34(20)31-22(29-21)28-17-5-6-33(9-16(17)24)14-10-37-11-14/h2-4,7-8,14,16-17H,5-6,9-12H2,1H3,(H,28,31)/t16-,17-/m0/s1/i14D. The number of nitrogens with one attached hydrogen (secondary N) is 1. The van der Waals surface area contributed by atoms with Crippen LogP contribution in [-0.2, 0) is 11.3 Å². The summed E-state index contributed by atoms with van der Waals surface area (Å²) in [4.78, 5) is 6.24. The minimum Gasteiger partial charge on any atom is -0.479 e. The Bertz CT molecular complexity index is 1490. The van der Waals surface area contributed by atoms with Gasteiger partial charge in [0.2, 0.25) is 11.8 Å². The predicted octanol–water partition coefficient (Wildman–Crippen LogP) is 2.94. The molecule has 1 N–H and O–H groups in total. The summed E-state index contributed by atoms with van der Waals surface area (Å²) in [5.41, 5.74) is 2.31. The lowest BCUT2D eigenvalue weighted by Crippen LogP contribution is -2.57. The van der Waals surface area contributed by atoms with Crippen LogP contribution in [0, 0.1) is 0 Å². The van der Waals surface area contributed by atoms with E-state index in [0.717, 1.165) is 4.68 Å². The van der Waals surface area contributed by atoms with E-state index in [1.165, 1.54) is 11.6 Å². The van der Waals surface area contributed by atoms with Crippen molar-refractivity contribution >= 4 is 22.5 Å². The fourth-order valence-corrected chi connectivity index (χ4v) is 4.74. The Morgan fingerprint density at radius 3 is 2.81 bits per heavy atom. The first-order valence-electron chi connectivity index (χ1n) is 12.2. The lowest BCUT2D eigenvalue weighted by atomic mass is 10.0. The van der Waals surface area contributed by atoms with Crippen molar-refractivity contribution in [3.8, 4) is 17.0 Å². The number of anilines is 1. The summed E-state index contributed by atoms with van der Waals surface area (Å²) in [6.07, 6.45) is -3.55. The molecule has 37 heavy (non-hydrogen) atoms. The summed E-state index contributed by atoms with van der Waals surface area (Å²) in [6.45, 7) is -0.0478. The molecule has 0 aliphatic carbocycles. The zero-order valence-electron chi connectivity index (χ0n) is 20.7. The summed E-state index contributed by atoms with van der Waals surface area (Å²) in [5, 5.41) is 15.0. The fraction of sp³-hybridized carbons (Fsp3) is 0.478. The number of ether oxygens (including phenoxy) is 2. The van der Waals surface area contributed by atoms with Crippen molar-refractivity contribution in [2.45, 2.75) is 37.4 Å². The number of fused-ring (bicyclic) bond motifs is 2. The van der Waals surface area contributed by atoms with E-state index in [1.807, 2.05) is 0 Å². The van der Waals surface area contributed by atoms with Crippen LogP contribution in [0.2, 0.25) is 0 Å². The summed E-state index contributed by atoms with van der Waals surface area (Å²) in [7, 11) is 1.44. The normalized spacial score (nSPS) is 22.7. The molecule has 1 aromatic carbocycles. The lowest BCUT2D eigenvalue weighted by Gasteiger charge is -2.42. The molecule has 14 heteroatoms. The van der Waals surface area contributed by atoms with Gasteiger partial charge in [0.15, 0.2) is 0 Å². The highest BCUT2D eigenvalue weighted by molar-refractivity contribution is 5.89. The second-order valence-electron chi connectivity index (χ2n) is 9.09. The summed E-state index contributed by atoms with van der Waals surface area (Å²) in [6, 6.07) is 5.25. The molecule has 2 saturated heterocycles. The van der Waals surface area contributed by atoms with Gasteiger partial charge < -0.3 is 14.8 Å². The van der Waals surface area contributed by atoms with Gasteiger partial charge in [-0.3, -0.25) is 4.90 Å². The third kappa shape index (κ3) is 4.55. The van der Waals surface area contributed by atoms with E-state index >= 15 is 4.39 Å². The zero-order valence-corrected chi connectivity index (χ0v) is 19.7. The molecule has 3 aromatic heterocycles. The van der Waals surface area contributed by atoms with Crippen molar-refractivity contribution in [1.29, 1.82) is 0 Å². The number of likely N-dealkylation sites (tertiary alicyclic amines) is 1. The smallest absolute Gasteiger partial charge is 0.408 e. The Balaban J connectivity index is 1.28. The van der Waals surface area contributed by atoms with Crippen molar-refractivity contribution in [2.24, 2.45) is 0 Å². The molecule has 0 saturated carbocycles. The van der Waals surface area contributed by atoms with E-state index in [9.17, 15) is 13.2 Å². The van der Waals surface area contributed by atoms with Gasteiger partial charge >= 0.3 is 6.18 Å². The molecular weight excluding hydrogens is 496 g/mol. The van der Waals surface area contributed by atoms with Crippen molar-refractivity contribution < 1.29 is 28.4 Å². The average molecular weight is 521 g/mol. The molecule has 2 aliphatic heterocycles. The molecule has 0 spiro atoms. The van der Waals surface area contributed by atoms with E-state index in [0.29, 0.717) is 35.1 Å². The second-order valence-corrected chi connectivity index (χ2v) is 9.09. The van der Waals surface area contributed by atoms with Crippen molar-refractivity contribution in [2.75, 3.05) is 38.7 Å². The van der Waals surface area contributed by atoms with Crippen LogP contribution in [0.4, 0.5) is 23.5 Å². The number of rotatable bonds is 6. The third-order valence-corrected chi connectivity index (χ3v) is 6.67. The van der Waals surface area contributed by atoms with Crippen molar-refractivity contribution in [3.05, 3.63) is 30.5 Å². The Labute approximate surface area is 209 Å². The topological polar surface area (TPSA) is 94.6 Å². The van der Waals surface area contributed by atoms with Crippen LogP contribution in [0.1, 0.15) is 7.79 Å². The van der Waals surface area contributed by atoms with Gasteiger partial charge in [0, 0.05) is 24.8 Å². The van der Waals surface area contributed by atoms with Crippen LogP contribution in [0.25, 0.3) is 27.7 Å². The molecule has 6 rings (SSSR count). The number of hydrogen-bond donors (Lipinski definition) is 1. The average Bonchev–Trinajstić information content (AvgIpc) is 3.46. The number of aromatic nitrogens is 6. The van der Waals surface area contributed by atoms with Gasteiger partial charge in [-0.2, -0.15) is 18.2 Å². The number of piperidine rings is 1. The molecule has 0 amide bonds. The maximum Gasteiger partial charge on any atom is 0.408 e. The number of alkyl halides is 4. The van der Waals surface area contributed by atoms with Gasteiger partial charge in [0.25, 0.3) is 0 Å². The molecule has 5 heterocycles. The molecule has 0 radical (unpaired) electrons.